The summed E-state index contributed by atoms with van der Waals surface area (Å²) in [6, 6.07) is 20.1. The SMILES string of the molecule is C[C@H](Nc1nc(N)ncc1CCOc1ccccc1)c1ccccc1. The van der Waals surface area contributed by atoms with Crippen LogP contribution in [-0.2, 0) is 6.42 Å². The van der Waals surface area contributed by atoms with E-state index in [9.17, 15) is 0 Å². The van der Waals surface area contributed by atoms with Crippen LogP contribution in [0.1, 0.15) is 24.1 Å². The van der Waals surface area contributed by atoms with Crippen LogP contribution >= 0.6 is 0 Å². The van der Waals surface area contributed by atoms with Crippen LogP contribution in [0.5, 0.6) is 5.75 Å². The first-order valence-electron chi connectivity index (χ1n) is 8.33. The highest BCUT2D eigenvalue weighted by molar-refractivity contribution is 5.48. The van der Waals surface area contributed by atoms with Gasteiger partial charge in [-0.05, 0) is 24.6 Å². The summed E-state index contributed by atoms with van der Waals surface area (Å²) in [4.78, 5) is 8.48. The molecule has 3 rings (SSSR count). The minimum absolute atomic E-state index is 0.115. The quantitative estimate of drug-likeness (QED) is 0.686. The Labute approximate surface area is 147 Å². The third kappa shape index (κ3) is 4.70. The number of para-hydroxylation sites is 1. The van der Waals surface area contributed by atoms with Crippen LogP contribution in [0, 0.1) is 0 Å². The lowest BCUT2D eigenvalue weighted by Crippen LogP contribution is -2.13. The van der Waals surface area contributed by atoms with Crippen LogP contribution in [0.4, 0.5) is 11.8 Å². The third-order valence-electron chi connectivity index (χ3n) is 3.92. The predicted molar refractivity (Wildman–Crippen MR) is 101 cm³/mol. The maximum Gasteiger partial charge on any atom is 0.221 e. The summed E-state index contributed by atoms with van der Waals surface area (Å²) in [5.41, 5.74) is 7.93. The van der Waals surface area contributed by atoms with Crippen molar-refractivity contribution in [1.29, 1.82) is 0 Å². The molecule has 0 fully saturated rings. The van der Waals surface area contributed by atoms with Gasteiger partial charge in [-0.3, -0.25) is 0 Å². The van der Waals surface area contributed by atoms with Gasteiger partial charge in [0.15, 0.2) is 0 Å². The minimum Gasteiger partial charge on any atom is -0.493 e. The molecule has 5 heteroatoms. The van der Waals surface area contributed by atoms with Gasteiger partial charge >= 0.3 is 0 Å². The Balaban J connectivity index is 1.67. The molecule has 0 aliphatic rings. The molecule has 1 atom stereocenters. The maximum absolute atomic E-state index is 5.77. The van der Waals surface area contributed by atoms with Crippen LogP contribution in [0.3, 0.4) is 0 Å². The molecule has 25 heavy (non-hydrogen) atoms. The predicted octanol–water partition coefficient (Wildman–Crippen LogP) is 3.85. The molecule has 128 valence electrons. The first-order chi connectivity index (χ1) is 12.2. The lowest BCUT2D eigenvalue weighted by atomic mass is 10.1. The monoisotopic (exact) mass is 334 g/mol. The molecule has 1 heterocycles. The fourth-order valence-corrected chi connectivity index (χ4v) is 2.55. The lowest BCUT2D eigenvalue weighted by Gasteiger charge is -2.18. The van der Waals surface area contributed by atoms with Crippen molar-refractivity contribution in [3.63, 3.8) is 0 Å². The van der Waals surface area contributed by atoms with Crippen molar-refractivity contribution in [3.8, 4) is 5.75 Å². The Bertz CT molecular complexity index is 793. The molecule has 0 radical (unpaired) electrons. The summed E-state index contributed by atoms with van der Waals surface area (Å²) >= 11 is 0. The average molecular weight is 334 g/mol. The first-order valence-corrected chi connectivity index (χ1v) is 8.33. The van der Waals surface area contributed by atoms with Gasteiger partial charge in [0.05, 0.1) is 6.61 Å². The van der Waals surface area contributed by atoms with E-state index in [1.54, 1.807) is 6.20 Å². The van der Waals surface area contributed by atoms with Crippen LogP contribution < -0.4 is 15.8 Å². The molecule has 3 N–H and O–H groups in total. The first kappa shape index (κ1) is 16.8. The second-order valence-electron chi connectivity index (χ2n) is 5.79. The van der Waals surface area contributed by atoms with E-state index in [1.165, 1.54) is 5.56 Å². The smallest absolute Gasteiger partial charge is 0.221 e. The number of rotatable bonds is 7. The van der Waals surface area contributed by atoms with Crippen molar-refractivity contribution in [3.05, 3.63) is 78.0 Å². The molecule has 0 aliphatic carbocycles. The highest BCUT2D eigenvalue weighted by Crippen LogP contribution is 2.21. The number of nitrogens with zero attached hydrogens (tertiary/aromatic N) is 2. The molecule has 3 aromatic rings. The van der Waals surface area contributed by atoms with Gasteiger partial charge in [-0.25, -0.2) is 4.98 Å². The summed E-state index contributed by atoms with van der Waals surface area (Å²) < 4.78 is 5.77. The summed E-state index contributed by atoms with van der Waals surface area (Å²) in [6.07, 6.45) is 2.45. The summed E-state index contributed by atoms with van der Waals surface area (Å²) in [6.45, 7) is 2.64. The molecular formula is C20H22N4O. The van der Waals surface area contributed by atoms with Crippen molar-refractivity contribution in [2.24, 2.45) is 0 Å². The molecule has 5 nitrogen and oxygen atoms in total. The van der Waals surface area contributed by atoms with E-state index in [-0.39, 0.29) is 12.0 Å². The molecule has 0 saturated heterocycles. The molecule has 1 aromatic heterocycles. The van der Waals surface area contributed by atoms with Crippen molar-refractivity contribution in [1.82, 2.24) is 9.97 Å². The van der Waals surface area contributed by atoms with E-state index in [4.69, 9.17) is 10.5 Å². The number of ether oxygens (including phenoxy) is 1. The number of nitrogen functional groups attached to an aromatic ring is 1. The Morgan fingerprint density at radius 1 is 1.04 bits per heavy atom. The van der Waals surface area contributed by atoms with E-state index in [0.717, 1.165) is 17.1 Å². The Morgan fingerprint density at radius 3 is 2.44 bits per heavy atom. The standard InChI is InChI=1S/C20H22N4O/c1-15(16-8-4-2-5-9-16)23-19-17(14-22-20(21)24-19)12-13-25-18-10-6-3-7-11-18/h2-11,14-15H,12-13H2,1H3,(H3,21,22,23,24)/t15-/m0/s1. The van der Waals surface area contributed by atoms with E-state index in [1.807, 2.05) is 48.5 Å². The molecule has 0 saturated carbocycles. The normalized spacial score (nSPS) is 11.7. The van der Waals surface area contributed by atoms with Gasteiger partial charge in [0, 0.05) is 24.2 Å². The van der Waals surface area contributed by atoms with Gasteiger partial charge in [-0.15, -0.1) is 0 Å². The summed E-state index contributed by atoms with van der Waals surface area (Å²) in [5.74, 6) is 1.86. The average Bonchev–Trinajstić information content (AvgIpc) is 2.65. The fraction of sp³-hybridized carbons (Fsp3) is 0.200. The van der Waals surface area contributed by atoms with Crippen LogP contribution in [0.25, 0.3) is 0 Å². The molecule has 2 aromatic carbocycles. The fourth-order valence-electron chi connectivity index (χ4n) is 2.55. The second-order valence-corrected chi connectivity index (χ2v) is 5.79. The molecule has 0 spiro atoms. The number of hydrogen-bond acceptors (Lipinski definition) is 5. The minimum atomic E-state index is 0.115. The van der Waals surface area contributed by atoms with Gasteiger partial charge in [0.1, 0.15) is 11.6 Å². The number of nitrogens with two attached hydrogens (primary N) is 1. The van der Waals surface area contributed by atoms with Gasteiger partial charge in [-0.1, -0.05) is 48.5 Å². The number of benzene rings is 2. The number of anilines is 2. The van der Waals surface area contributed by atoms with E-state index < -0.39 is 0 Å². The summed E-state index contributed by atoms with van der Waals surface area (Å²) in [7, 11) is 0. The van der Waals surface area contributed by atoms with Crippen LogP contribution in [-0.4, -0.2) is 16.6 Å². The molecule has 0 unspecified atom stereocenters. The van der Waals surface area contributed by atoms with E-state index >= 15 is 0 Å². The molecule has 0 amide bonds. The van der Waals surface area contributed by atoms with Crippen LogP contribution in [0.2, 0.25) is 0 Å². The van der Waals surface area contributed by atoms with E-state index in [2.05, 4.69) is 34.3 Å². The largest absolute Gasteiger partial charge is 0.493 e. The Kier molecular flexibility index (Phi) is 5.46. The third-order valence-corrected chi connectivity index (χ3v) is 3.92. The summed E-state index contributed by atoms with van der Waals surface area (Å²) in [5, 5.41) is 3.43. The highest BCUT2D eigenvalue weighted by Gasteiger charge is 2.11. The van der Waals surface area contributed by atoms with Crippen LogP contribution in [0.15, 0.2) is 66.9 Å². The van der Waals surface area contributed by atoms with Crippen molar-refractivity contribution < 1.29 is 4.74 Å². The topological polar surface area (TPSA) is 73.1 Å². The lowest BCUT2D eigenvalue weighted by molar-refractivity contribution is 0.322. The Hall–Kier alpha value is -3.08. The molecular weight excluding hydrogens is 312 g/mol. The number of nitrogens with one attached hydrogen (secondary N) is 1. The Morgan fingerprint density at radius 2 is 1.72 bits per heavy atom. The van der Waals surface area contributed by atoms with E-state index in [0.29, 0.717) is 13.0 Å². The zero-order chi connectivity index (χ0) is 17.5. The molecule has 0 aliphatic heterocycles. The van der Waals surface area contributed by atoms with Crippen molar-refractivity contribution in [2.45, 2.75) is 19.4 Å². The number of aromatic nitrogens is 2. The zero-order valence-electron chi connectivity index (χ0n) is 14.2. The van der Waals surface area contributed by atoms with Crippen molar-refractivity contribution in [2.75, 3.05) is 17.7 Å². The molecule has 0 bridgehead atoms. The van der Waals surface area contributed by atoms with Crippen molar-refractivity contribution >= 4 is 11.8 Å². The van der Waals surface area contributed by atoms with Gasteiger partial charge in [0.25, 0.3) is 0 Å². The second kappa shape index (κ2) is 8.15. The maximum atomic E-state index is 5.77. The van der Waals surface area contributed by atoms with Gasteiger partial charge in [0.2, 0.25) is 5.95 Å². The zero-order valence-corrected chi connectivity index (χ0v) is 14.2. The number of hydrogen-bond donors (Lipinski definition) is 2. The van der Waals surface area contributed by atoms with Gasteiger partial charge < -0.3 is 15.8 Å². The highest BCUT2D eigenvalue weighted by atomic mass is 16.5. The van der Waals surface area contributed by atoms with Gasteiger partial charge in [-0.2, -0.15) is 4.98 Å².